The third-order valence-corrected chi connectivity index (χ3v) is 5.85. The molecule has 130 valence electrons. The summed E-state index contributed by atoms with van der Waals surface area (Å²) in [5, 5.41) is 20.1. The molecule has 0 bridgehead atoms. The van der Waals surface area contributed by atoms with Crippen LogP contribution in [0.2, 0.25) is 0 Å². The van der Waals surface area contributed by atoms with Gasteiger partial charge in [0.15, 0.2) is 0 Å². The van der Waals surface area contributed by atoms with Crippen LogP contribution in [0.15, 0.2) is 30.3 Å². The van der Waals surface area contributed by atoms with Crippen LogP contribution in [0.1, 0.15) is 46.2 Å². The van der Waals surface area contributed by atoms with Gasteiger partial charge in [-0.2, -0.15) is 0 Å². The van der Waals surface area contributed by atoms with Gasteiger partial charge in [0.25, 0.3) is 6.04 Å². The van der Waals surface area contributed by atoms with Gasteiger partial charge in [-0.1, -0.05) is 30.3 Å². The highest BCUT2D eigenvalue weighted by Crippen LogP contribution is 2.64. The normalized spacial score (nSPS) is 16.3. The van der Waals surface area contributed by atoms with Crippen LogP contribution in [0.5, 0.6) is 0 Å². The first-order valence-electron chi connectivity index (χ1n) is 7.39. The molecule has 0 heterocycles. The molecule has 0 aliphatic heterocycles. The van der Waals surface area contributed by atoms with Crippen molar-refractivity contribution in [1.82, 2.24) is 0 Å². The monoisotopic (exact) mass is 345 g/mol. The van der Waals surface area contributed by atoms with E-state index in [1.54, 1.807) is 45.9 Å². The van der Waals surface area contributed by atoms with Crippen LogP contribution in [-0.4, -0.2) is 27.6 Å². The second-order valence-corrected chi connectivity index (χ2v) is 8.32. The Kier molecular flexibility index (Phi) is 6.48. The molecular formula is C15H24NO6P. The van der Waals surface area contributed by atoms with E-state index in [1.165, 1.54) is 12.1 Å². The summed E-state index contributed by atoms with van der Waals surface area (Å²) in [5.41, 5.74) is 0.224. The SMILES string of the molecule is CC(C)OP(=O)(OC(C)C)[C@@](C)(O)[C@H](c1ccccc1)[N+](=O)[O-]. The van der Waals surface area contributed by atoms with E-state index in [-0.39, 0.29) is 5.56 Å². The second kappa shape index (κ2) is 7.53. The molecule has 0 radical (unpaired) electrons. The molecule has 0 aliphatic carbocycles. The second-order valence-electron chi connectivity index (χ2n) is 6.00. The Labute approximate surface area is 136 Å². The van der Waals surface area contributed by atoms with Gasteiger partial charge in [-0.25, -0.2) is 0 Å². The van der Waals surface area contributed by atoms with Crippen LogP contribution in [0.3, 0.4) is 0 Å². The molecule has 0 aliphatic rings. The van der Waals surface area contributed by atoms with Gasteiger partial charge in [0.05, 0.1) is 12.2 Å². The molecule has 0 spiro atoms. The highest BCUT2D eigenvalue weighted by Gasteiger charge is 2.59. The fourth-order valence-electron chi connectivity index (χ4n) is 2.22. The van der Waals surface area contributed by atoms with Crippen molar-refractivity contribution in [2.24, 2.45) is 0 Å². The molecular weight excluding hydrogens is 321 g/mol. The predicted octanol–water partition coefficient (Wildman–Crippen LogP) is 3.76. The van der Waals surface area contributed by atoms with Gasteiger partial charge < -0.3 is 14.2 Å². The minimum absolute atomic E-state index is 0.224. The first-order chi connectivity index (χ1) is 10.5. The molecule has 1 aromatic carbocycles. The Morgan fingerprint density at radius 2 is 1.57 bits per heavy atom. The third-order valence-electron chi connectivity index (χ3n) is 3.10. The van der Waals surface area contributed by atoms with Crippen molar-refractivity contribution in [3.8, 4) is 0 Å². The summed E-state index contributed by atoms with van der Waals surface area (Å²) < 4.78 is 23.9. The van der Waals surface area contributed by atoms with Crippen molar-refractivity contribution in [3.63, 3.8) is 0 Å². The molecule has 1 aromatic rings. The van der Waals surface area contributed by atoms with Gasteiger partial charge >= 0.3 is 7.60 Å². The summed E-state index contributed by atoms with van der Waals surface area (Å²) in [4.78, 5) is 10.9. The van der Waals surface area contributed by atoms with Crippen LogP contribution in [-0.2, 0) is 13.6 Å². The summed E-state index contributed by atoms with van der Waals surface area (Å²) in [7, 11) is -4.20. The fourth-order valence-corrected chi connectivity index (χ4v) is 4.35. The topological polar surface area (TPSA) is 98.9 Å². The first kappa shape index (κ1) is 19.8. The van der Waals surface area contributed by atoms with E-state index in [9.17, 15) is 19.8 Å². The molecule has 0 aromatic heterocycles. The van der Waals surface area contributed by atoms with Gasteiger partial charge in [-0.3, -0.25) is 14.7 Å². The molecule has 0 saturated heterocycles. The van der Waals surface area contributed by atoms with Crippen molar-refractivity contribution < 1.29 is 23.6 Å². The third kappa shape index (κ3) is 4.61. The van der Waals surface area contributed by atoms with E-state index in [2.05, 4.69) is 0 Å². The Hall–Kier alpha value is -1.27. The zero-order chi connectivity index (χ0) is 17.8. The Balaban J connectivity index is 3.40. The average molecular weight is 345 g/mol. The van der Waals surface area contributed by atoms with Crippen LogP contribution in [0, 0.1) is 10.1 Å². The number of hydrogen-bond donors (Lipinski definition) is 1. The lowest BCUT2D eigenvalue weighted by Gasteiger charge is -2.35. The molecule has 0 amide bonds. The van der Waals surface area contributed by atoms with Crippen molar-refractivity contribution in [2.45, 2.75) is 58.2 Å². The summed E-state index contributed by atoms with van der Waals surface area (Å²) in [6, 6.07) is 6.27. The molecule has 7 nitrogen and oxygen atoms in total. The molecule has 1 N–H and O–H groups in total. The van der Waals surface area contributed by atoms with E-state index in [4.69, 9.17) is 9.05 Å². The molecule has 23 heavy (non-hydrogen) atoms. The highest BCUT2D eigenvalue weighted by atomic mass is 31.2. The van der Waals surface area contributed by atoms with Gasteiger partial charge in [-0.05, 0) is 34.6 Å². The van der Waals surface area contributed by atoms with Crippen LogP contribution >= 0.6 is 7.60 Å². The zero-order valence-corrected chi connectivity index (χ0v) is 14.9. The molecule has 8 heteroatoms. The first-order valence-corrected chi connectivity index (χ1v) is 8.93. The van der Waals surface area contributed by atoms with E-state index in [0.29, 0.717) is 0 Å². The fraction of sp³-hybridized carbons (Fsp3) is 0.600. The quantitative estimate of drug-likeness (QED) is 0.437. The number of benzene rings is 1. The van der Waals surface area contributed by atoms with Crippen molar-refractivity contribution in [3.05, 3.63) is 46.0 Å². The predicted molar refractivity (Wildman–Crippen MR) is 86.8 cm³/mol. The molecule has 0 saturated carbocycles. The number of aliphatic hydroxyl groups is 1. The molecule has 2 atom stereocenters. The summed E-state index contributed by atoms with van der Waals surface area (Å²) >= 11 is 0. The largest absolute Gasteiger partial charge is 0.372 e. The molecule has 0 fully saturated rings. The maximum Gasteiger partial charge on any atom is 0.369 e. The average Bonchev–Trinajstić information content (AvgIpc) is 2.36. The standard InChI is InChI=1S/C15H24NO6P/c1-11(2)21-23(20,22-12(3)4)15(5,17)14(16(18)19)13-9-7-6-8-10-13/h6-12,14,17H,1-5H3/t14-,15+/m0/s1. The van der Waals surface area contributed by atoms with E-state index >= 15 is 0 Å². The minimum Gasteiger partial charge on any atom is -0.372 e. The Morgan fingerprint density at radius 3 is 1.91 bits per heavy atom. The summed E-state index contributed by atoms with van der Waals surface area (Å²) in [6.07, 6.45) is -1.07. The number of nitrogens with zero attached hydrogens (tertiary/aromatic N) is 1. The Morgan fingerprint density at radius 1 is 1.13 bits per heavy atom. The van der Waals surface area contributed by atoms with Crippen LogP contribution in [0.25, 0.3) is 0 Å². The van der Waals surface area contributed by atoms with Crippen molar-refractivity contribution in [1.29, 1.82) is 0 Å². The van der Waals surface area contributed by atoms with Gasteiger partial charge in [0.1, 0.15) is 0 Å². The van der Waals surface area contributed by atoms with E-state index in [0.717, 1.165) is 6.92 Å². The van der Waals surface area contributed by atoms with Gasteiger partial charge in [0, 0.05) is 10.5 Å². The van der Waals surface area contributed by atoms with E-state index < -0.39 is 36.1 Å². The number of hydrogen-bond acceptors (Lipinski definition) is 6. The lowest BCUT2D eigenvalue weighted by Crippen LogP contribution is -2.39. The van der Waals surface area contributed by atoms with Crippen LogP contribution in [0.4, 0.5) is 0 Å². The maximum absolute atomic E-state index is 13.2. The lowest BCUT2D eigenvalue weighted by molar-refractivity contribution is -0.545. The number of rotatable bonds is 8. The molecule has 0 unspecified atom stereocenters. The highest BCUT2D eigenvalue weighted by molar-refractivity contribution is 7.55. The smallest absolute Gasteiger partial charge is 0.369 e. The van der Waals surface area contributed by atoms with Gasteiger partial charge in [0.2, 0.25) is 5.34 Å². The van der Waals surface area contributed by atoms with Crippen LogP contribution < -0.4 is 0 Å². The number of nitro groups is 1. The zero-order valence-electron chi connectivity index (χ0n) is 14.0. The van der Waals surface area contributed by atoms with Crippen molar-refractivity contribution in [2.75, 3.05) is 0 Å². The lowest BCUT2D eigenvalue weighted by atomic mass is 10.0. The summed E-state index contributed by atoms with van der Waals surface area (Å²) in [6.45, 7) is 7.61. The minimum atomic E-state index is -4.20. The van der Waals surface area contributed by atoms with Gasteiger partial charge in [-0.15, -0.1) is 0 Å². The van der Waals surface area contributed by atoms with E-state index in [1.807, 2.05) is 0 Å². The summed E-state index contributed by atoms with van der Waals surface area (Å²) in [5.74, 6) is 0. The van der Waals surface area contributed by atoms with Crippen molar-refractivity contribution >= 4 is 7.60 Å². The Bertz CT molecular complexity index is 559. The molecule has 1 rings (SSSR count). The maximum atomic E-state index is 13.2.